The van der Waals surface area contributed by atoms with Crippen LogP contribution in [0.1, 0.15) is 25.5 Å². The summed E-state index contributed by atoms with van der Waals surface area (Å²) in [6.07, 6.45) is 0. The Kier molecular flexibility index (Phi) is 4.02. The van der Waals surface area contributed by atoms with Gasteiger partial charge < -0.3 is 15.8 Å². The van der Waals surface area contributed by atoms with E-state index in [0.29, 0.717) is 11.3 Å². The van der Waals surface area contributed by atoms with Gasteiger partial charge in [0, 0.05) is 10.8 Å². The summed E-state index contributed by atoms with van der Waals surface area (Å²) in [6, 6.07) is 13.1. The monoisotopic (exact) mass is 307 g/mol. The van der Waals surface area contributed by atoms with Crippen LogP contribution in [-0.4, -0.2) is 27.4 Å². The summed E-state index contributed by atoms with van der Waals surface area (Å²) in [5.41, 5.74) is 9.17. The van der Waals surface area contributed by atoms with Crippen LogP contribution < -0.4 is 11.2 Å². The van der Waals surface area contributed by atoms with Crippen molar-refractivity contribution < 1.29 is 10.0 Å². The summed E-state index contributed by atoms with van der Waals surface area (Å²) in [4.78, 5) is 0. The molecule has 4 N–H and O–H groups in total. The number of nitrogens with zero attached hydrogens (tertiary/aromatic N) is 2. The van der Waals surface area contributed by atoms with Gasteiger partial charge in [0.1, 0.15) is 0 Å². The lowest BCUT2D eigenvalue weighted by atomic mass is 9.79. The number of hydrogen-bond acceptors (Lipinski definition) is 5. The van der Waals surface area contributed by atoms with Crippen molar-refractivity contribution in [2.75, 3.05) is 5.73 Å². The van der Waals surface area contributed by atoms with Gasteiger partial charge in [-0.3, -0.25) is 0 Å². The van der Waals surface area contributed by atoms with Crippen LogP contribution in [0.3, 0.4) is 0 Å². The van der Waals surface area contributed by atoms with E-state index in [1.54, 1.807) is 18.2 Å². The fourth-order valence-electron chi connectivity index (χ4n) is 2.68. The van der Waals surface area contributed by atoms with Gasteiger partial charge in [0.25, 0.3) is 0 Å². The Morgan fingerprint density at radius 1 is 0.957 bits per heavy atom. The normalized spacial score (nSPS) is 11.2. The van der Waals surface area contributed by atoms with Crippen molar-refractivity contribution in [1.29, 1.82) is 0 Å². The quantitative estimate of drug-likeness (QED) is 0.640. The van der Waals surface area contributed by atoms with E-state index in [-0.39, 0.29) is 5.92 Å². The molecule has 0 bridgehead atoms. The van der Waals surface area contributed by atoms with Gasteiger partial charge in [-0.25, -0.2) is 0 Å². The highest BCUT2D eigenvalue weighted by atomic mass is 16.4. The van der Waals surface area contributed by atoms with Crippen molar-refractivity contribution in [2.45, 2.75) is 19.8 Å². The lowest BCUT2D eigenvalue weighted by Crippen LogP contribution is -2.29. The highest BCUT2D eigenvalue weighted by Gasteiger charge is 2.14. The molecule has 1 aromatic heterocycles. The molecule has 116 valence electrons. The highest BCUT2D eigenvalue weighted by molar-refractivity contribution is 6.58. The molecular formula is C17H18BN3O2. The maximum absolute atomic E-state index is 9.34. The number of hydrogen-bond donors (Lipinski definition) is 3. The van der Waals surface area contributed by atoms with Gasteiger partial charge in [-0.15, -0.1) is 5.10 Å². The van der Waals surface area contributed by atoms with E-state index in [2.05, 4.69) is 24.0 Å². The number of rotatable bonds is 3. The SMILES string of the molecule is CC(C)c1nnc(N)c2ccc(-c3cccc(B(O)O)c3)cc12. The van der Waals surface area contributed by atoms with Crippen LogP contribution in [0.25, 0.3) is 21.9 Å². The zero-order valence-electron chi connectivity index (χ0n) is 13.1. The number of benzene rings is 2. The molecule has 0 saturated carbocycles. The van der Waals surface area contributed by atoms with E-state index in [1.807, 2.05) is 24.3 Å². The summed E-state index contributed by atoms with van der Waals surface area (Å²) in [7, 11) is -1.48. The van der Waals surface area contributed by atoms with Crippen LogP contribution in [-0.2, 0) is 0 Å². The molecule has 0 amide bonds. The van der Waals surface area contributed by atoms with Gasteiger partial charge in [0.15, 0.2) is 5.82 Å². The standard InChI is InChI=1S/C17H18BN3O2/c1-10(2)16-15-9-12(6-7-14(15)17(19)21-20-16)11-4-3-5-13(8-11)18(22)23/h3-10,22-23H,1-2H3,(H2,19,21). The molecule has 5 nitrogen and oxygen atoms in total. The minimum Gasteiger partial charge on any atom is -0.423 e. The smallest absolute Gasteiger partial charge is 0.423 e. The first-order chi connectivity index (χ1) is 11.0. The summed E-state index contributed by atoms with van der Waals surface area (Å²) in [5, 5.41) is 28.8. The molecule has 0 fully saturated rings. The topological polar surface area (TPSA) is 92.3 Å². The molecule has 2 aromatic carbocycles. The first-order valence-corrected chi connectivity index (χ1v) is 7.49. The van der Waals surface area contributed by atoms with Gasteiger partial charge in [-0.1, -0.05) is 44.2 Å². The first kappa shape index (κ1) is 15.5. The van der Waals surface area contributed by atoms with Crippen molar-refractivity contribution in [2.24, 2.45) is 0 Å². The maximum atomic E-state index is 9.34. The third-order valence-corrected chi connectivity index (χ3v) is 3.90. The van der Waals surface area contributed by atoms with Crippen molar-refractivity contribution in [3.8, 4) is 11.1 Å². The van der Waals surface area contributed by atoms with E-state index in [1.165, 1.54) is 0 Å². The fraction of sp³-hybridized carbons (Fsp3) is 0.176. The van der Waals surface area contributed by atoms with Crippen molar-refractivity contribution in [3.05, 3.63) is 48.2 Å². The van der Waals surface area contributed by atoms with Crippen molar-refractivity contribution in [3.63, 3.8) is 0 Å². The minimum atomic E-state index is -1.48. The van der Waals surface area contributed by atoms with Gasteiger partial charge in [0.2, 0.25) is 0 Å². The second-order valence-corrected chi connectivity index (χ2v) is 5.88. The van der Waals surface area contributed by atoms with E-state index >= 15 is 0 Å². The van der Waals surface area contributed by atoms with E-state index in [0.717, 1.165) is 27.6 Å². The Balaban J connectivity index is 2.20. The molecule has 0 atom stereocenters. The number of aromatic nitrogens is 2. The van der Waals surface area contributed by atoms with Crippen LogP contribution in [0.2, 0.25) is 0 Å². The minimum absolute atomic E-state index is 0.228. The predicted molar refractivity (Wildman–Crippen MR) is 93.3 cm³/mol. The Hall–Kier alpha value is -2.44. The summed E-state index contributed by atoms with van der Waals surface area (Å²) in [6.45, 7) is 4.13. The molecule has 1 heterocycles. The fourth-order valence-corrected chi connectivity index (χ4v) is 2.68. The van der Waals surface area contributed by atoms with Crippen LogP contribution in [0.4, 0.5) is 5.82 Å². The summed E-state index contributed by atoms with van der Waals surface area (Å²) in [5.74, 6) is 0.641. The van der Waals surface area contributed by atoms with Gasteiger partial charge in [0.05, 0.1) is 5.69 Å². The van der Waals surface area contributed by atoms with Gasteiger partial charge in [-0.2, -0.15) is 5.10 Å². The Morgan fingerprint density at radius 2 is 1.70 bits per heavy atom. The number of nitrogens with two attached hydrogens (primary N) is 1. The molecule has 6 heteroatoms. The largest absolute Gasteiger partial charge is 0.488 e. The second kappa shape index (κ2) is 5.99. The Labute approximate surface area is 134 Å². The zero-order valence-corrected chi connectivity index (χ0v) is 13.1. The van der Waals surface area contributed by atoms with Crippen LogP contribution in [0.5, 0.6) is 0 Å². The molecular weight excluding hydrogens is 289 g/mol. The van der Waals surface area contributed by atoms with Crippen molar-refractivity contribution >= 4 is 29.2 Å². The summed E-state index contributed by atoms with van der Waals surface area (Å²) < 4.78 is 0. The number of nitrogen functional groups attached to an aromatic ring is 1. The molecule has 0 aliphatic carbocycles. The Morgan fingerprint density at radius 3 is 2.39 bits per heavy atom. The second-order valence-electron chi connectivity index (χ2n) is 5.88. The zero-order chi connectivity index (χ0) is 16.6. The number of fused-ring (bicyclic) bond motifs is 1. The Bertz CT molecular complexity index is 866. The molecule has 0 radical (unpaired) electrons. The van der Waals surface area contributed by atoms with Crippen molar-refractivity contribution in [1.82, 2.24) is 10.2 Å². The molecule has 0 aliphatic heterocycles. The van der Waals surface area contributed by atoms with E-state index < -0.39 is 7.12 Å². The van der Waals surface area contributed by atoms with E-state index in [4.69, 9.17) is 5.73 Å². The molecule has 3 aromatic rings. The van der Waals surface area contributed by atoms with Gasteiger partial charge >= 0.3 is 7.12 Å². The van der Waals surface area contributed by atoms with Gasteiger partial charge in [-0.05, 0) is 34.6 Å². The third kappa shape index (κ3) is 2.91. The molecule has 3 rings (SSSR count). The molecule has 23 heavy (non-hydrogen) atoms. The predicted octanol–water partition coefficient (Wildman–Crippen LogP) is 1.68. The lowest BCUT2D eigenvalue weighted by molar-refractivity contribution is 0.426. The van der Waals surface area contributed by atoms with Crippen LogP contribution in [0, 0.1) is 0 Å². The molecule has 0 saturated heterocycles. The van der Waals surface area contributed by atoms with E-state index in [9.17, 15) is 10.0 Å². The lowest BCUT2D eigenvalue weighted by Gasteiger charge is -2.12. The van der Waals surface area contributed by atoms with Crippen LogP contribution >= 0.6 is 0 Å². The first-order valence-electron chi connectivity index (χ1n) is 7.49. The average molecular weight is 307 g/mol. The molecule has 0 spiro atoms. The summed E-state index contributed by atoms with van der Waals surface area (Å²) >= 11 is 0. The molecule has 0 aliphatic rings. The highest BCUT2D eigenvalue weighted by Crippen LogP contribution is 2.30. The molecule has 0 unspecified atom stereocenters. The third-order valence-electron chi connectivity index (χ3n) is 3.90. The van der Waals surface area contributed by atoms with Crippen LogP contribution in [0.15, 0.2) is 42.5 Å². The number of anilines is 1. The maximum Gasteiger partial charge on any atom is 0.488 e. The average Bonchev–Trinajstić information content (AvgIpc) is 2.54.